The van der Waals surface area contributed by atoms with E-state index < -0.39 is 6.36 Å². The largest absolute Gasteiger partial charge is 0.573 e. The normalized spacial score (nSPS) is 12.5. The van der Waals surface area contributed by atoms with Crippen molar-refractivity contribution in [2.75, 3.05) is 17.2 Å². The molecule has 0 amide bonds. The van der Waals surface area contributed by atoms with Crippen LogP contribution in [0.1, 0.15) is 13.8 Å². The third-order valence-electron chi connectivity index (χ3n) is 4.60. The van der Waals surface area contributed by atoms with E-state index in [1.807, 2.05) is 13.8 Å². The van der Waals surface area contributed by atoms with E-state index >= 15 is 0 Å². The van der Waals surface area contributed by atoms with Gasteiger partial charge in [-0.2, -0.15) is 4.98 Å². The molecule has 0 unspecified atom stereocenters. The van der Waals surface area contributed by atoms with Crippen molar-refractivity contribution in [3.8, 4) is 17.0 Å². The molecule has 0 spiro atoms. The number of hydrogen-bond acceptors (Lipinski definition) is 6. The van der Waals surface area contributed by atoms with E-state index in [4.69, 9.17) is 23.2 Å². The molecule has 2 aromatic carbocycles. The van der Waals surface area contributed by atoms with Gasteiger partial charge in [-0.15, -0.1) is 13.2 Å². The molecule has 6 nitrogen and oxygen atoms in total. The maximum Gasteiger partial charge on any atom is 0.573 e. The van der Waals surface area contributed by atoms with Crippen LogP contribution >= 0.6 is 23.2 Å². The summed E-state index contributed by atoms with van der Waals surface area (Å²) in [6.07, 6.45) is -4.82. The van der Waals surface area contributed by atoms with E-state index in [2.05, 4.69) is 25.3 Å². The molecule has 3 aromatic rings. The highest BCUT2D eigenvalue weighted by atomic mass is 35.5. The van der Waals surface area contributed by atoms with Gasteiger partial charge in [-0.1, -0.05) is 49.2 Å². The average Bonchev–Trinajstić information content (AvgIpc) is 2.73. The fourth-order valence-corrected chi connectivity index (χ4v) is 3.23. The molecule has 11 heteroatoms. The summed E-state index contributed by atoms with van der Waals surface area (Å²) in [5, 5.41) is 16.6. The summed E-state index contributed by atoms with van der Waals surface area (Å²) in [6, 6.07) is 11.5. The Morgan fingerprint density at radius 3 is 2.48 bits per heavy atom. The zero-order valence-electron chi connectivity index (χ0n) is 17.6. The lowest BCUT2D eigenvalue weighted by Gasteiger charge is -2.21. The number of nitrogens with zero attached hydrogens (tertiary/aromatic N) is 2. The second-order valence-corrected chi connectivity index (χ2v) is 8.31. The van der Waals surface area contributed by atoms with Crippen LogP contribution in [-0.4, -0.2) is 34.1 Å². The third kappa shape index (κ3) is 7.12. The average molecular weight is 501 g/mol. The van der Waals surface area contributed by atoms with Crippen LogP contribution in [0.15, 0.2) is 48.5 Å². The number of halogens is 5. The van der Waals surface area contributed by atoms with Crippen LogP contribution in [0.5, 0.6) is 5.75 Å². The first-order valence-corrected chi connectivity index (χ1v) is 10.6. The third-order valence-corrected chi connectivity index (χ3v) is 5.16. The Morgan fingerprint density at radius 1 is 1.06 bits per heavy atom. The first kappa shape index (κ1) is 24.9. The minimum Gasteiger partial charge on any atom is -0.406 e. The zero-order chi connectivity index (χ0) is 24.2. The van der Waals surface area contributed by atoms with Crippen molar-refractivity contribution in [1.82, 2.24) is 9.97 Å². The molecule has 1 heterocycles. The van der Waals surface area contributed by atoms with Crippen molar-refractivity contribution >= 4 is 40.7 Å². The molecule has 0 aliphatic heterocycles. The van der Waals surface area contributed by atoms with Gasteiger partial charge in [0.1, 0.15) is 11.6 Å². The molecule has 3 rings (SSSR count). The number of nitrogens with one attached hydrogen (secondary N) is 2. The first-order chi connectivity index (χ1) is 15.5. The predicted molar refractivity (Wildman–Crippen MR) is 123 cm³/mol. The van der Waals surface area contributed by atoms with Gasteiger partial charge in [0.25, 0.3) is 0 Å². The highest BCUT2D eigenvalue weighted by molar-refractivity contribution is 6.35. The second kappa shape index (κ2) is 10.5. The topological polar surface area (TPSA) is 79.3 Å². The summed E-state index contributed by atoms with van der Waals surface area (Å²) in [7, 11) is 0. The molecular formula is C22H21Cl2F3N4O2. The molecule has 33 heavy (non-hydrogen) atoms. The lowest BCUT2D eigenvalue weighted by atomic mass is 10.1. The molecule has 176 valence electrons. The van der Waals surface area contributed by atoms with Gasteiger partial charge >= 0.3 is 6.36 Å². The number of hydrogen-bond donors (Lipinski definition) is 3. The Labute approximate surface area is 198 Å². The number of benzene rings is 2. The van der Waals surface area contributed by atoms with Crippen molar-refractivity contribution in [2.45, 2.75) is 26.3 Å². The summed E-state index contributed by atoms with van der Waals surface area (Å²) < 4.78 is 42.0. The fourth-order valence-electron chi connectivity index (χ4n) is 2.90. The Hall–Kier alpha value is -2.75. The van der Waals surface area contributed by atoms with Gasteiger partial charge in [-0.3, -0.25) is 0 Å². The molecule has 1 aromatic heterocycles. The van der Waals surface area contributed by atoms with E-state index in [-0.39, 0.29) is 30.3 Å². The van der Waals surface area contributed by atoms with E-state index in [1.165, 1.54) is 18.2 Å². The van der Waals surface area contributed by atoms with Crippen molar-refractivity contribution in [3.63, 3.8) is 0 Å². The summed E-state index contributed by atoms with van der Waals surface area (Å²) in [5.74, 6) is 0.165. The van der Waals surface area contributed by atoms with Crippen molar-refractivity contribution < 1.29 is 23.0 Å². The van der Waals surface area contributed by atoms with E-state index in [9.17, 15) is 18.3 Å². The maximum absolute atomic E-state index is 12.7. The SMILES string of the molecule is CC(C)[C@@H](CO)Nc1nc(Nc2cc(Cl)ccc2Cl)cc(-c2cccc(OC(F)(F)F)c2)n1. The minimum absolute atomic E-state index is 0.0598. The van der Waals surface area contributed by atoms with E-state index in [0.29, 0.717) is 32.8 Å². The van der Waals surface area contributed by atoms with Crippen molar-refractivity contribution in [1.29, 1.82) is 0 Å². The van der Waals surface area contributed by atoms with Gasteiger partial charge in [-0.25, -0.2) is 4.98 Å². The summed E-state index contributed by atoms with van der Waals surface area (Å²) in [4.78, 5) is 8.84. The summed E-state index contributed by atoms with van der Waals surface area (Å²) >= 11 is 12.3. The summed E-state index contributed by atoms with van der Waals surface area (Å²) in [5.41, 5.74) is 1.17. The number of ether oxygens (including phenoxy) is 1. The lowest BCUT2D eigenvalue weighted by Crippen LogP contribution is -2.30. The number of rotatable bonds is 8. The van der Waals surface area contributed by atoms with Crippen LogP contribution in [0, 0.1) is 5.92 Å². The smallest absolute Gasteiger partial charge is 0.406 e. The van der Waals surface area contributed by atoms with Gasteiger partial charge in [-0.05, 0) is 36.2 Å². The van der Waals surface area contributed by atoms with Crippen LogP contribution in [-0.2, 0) is 0 Å². The maximum atomic E-state index is 12.7. The van der Waals surface area contributed by atoms with E-state index in [1.54, 1.807) is 30.3 Å². The zero-order valence-corrected chi connectivity index (χ0v) is 19.1. The molecule has 0 aliphatic carbocycles. The van der Waals surface area contributed by atoms with Crippen LogP contribution in [0.3, 0.4) is 0 Å². The standard InChI is InChI=1S/C22H21Cl2F3N4O2/c1-12(2)19(11-32)30-21-29-17(13-4-3-5-15(8-13)33-22(25,26)27)10-20(31-21)28-18-9-14(23)6-7-16(18)24/h3-10,12,19,32H,11H2,1-2H3,(H2,28,29,30,31)/t19-/m1/s1. The molecule has 1 atom stereocenters. The van der Waals surface area contributed by atoms with Gasteiger partial charge in [0.15, 0.2) is 0 Å². The van der Waals surface area contributed by atoms with Crippen LogP contribution in [0.4, 0.5) is 30.6 Å². The lowest BCUT2D eigenvalue weighted by molar-refractivity contribution is -0.274. The van der Waals surface area contributed by atoms with E-state index in [0.717, 1.165) is 0 Å². The monoisotopic (exact) mass is 500 g/mol. The highest BCUT2D eigenvalue weighted by Crippen LogP contribution is 2.32. The minimum atomic E-state index is -4.82. The fraction of sp³-hybridized carbons (Fsp3) is 0.273. The Kier molecular flexibility index (Phi) is 7.88. The van der Waals surface area contributed by atoms with Crippen LogP contribution in [0.25, 0.3) is 11.3 Å². The van der Waals surface area contributed by atoms with Gasteiger partial charge in [0.2, 0.25) is 5.95 Å². The van der Waals surface area contributed by atoms with Gasteiger partial charge in [0.05, 0.1) is 29.1 Å². The number of alkyl halides is 3. The molecule has 0 radical (unpaired) electrons. The van der Waals surface area contributed by atoms with Gasteiger partial charge < -0.3 is 20.5 Å². The number of anilines is 3. The quantitative estimate of drug-likeness (QED) is 0.326. The second-order valence-electron chi connectivity index (χ2n) is 7.46. The molecule has 3 N–H and O–H groups in total. The van der Waals surface area contributed by atoms with Gasteiger partial charge in [0, 0.05) is 16.7 Å². The highest BCUT2D eigenvalue weighted by Gasteiger charge is 2.31. The molecular weight excluding hydrogens is 480 g/mol. The van der Waals surface area contributed by atoms with Crippen molar-refractivity contribution in [2.24, 2.45) is 5.92 Å². The Morgan fingerprint density at radius 2 is 1.82 bits per heavy atom. The molecule has 0 saturated carbocycles. The molecule has 0 fully saturated rings. The molecule has 0 saturated heterocycles. The predicted octanol–water partition coefficient (Wildman–Crippen LogP) is 6.52. The number of aliphatic hydroxyl groups excluding tert-OH is 1. The number of aliphatic hydroxyl groups is 1. The summed E-state index contributed by atoms with van der Waals surface area (Å²) in [6.45, 7) is 3.67. The van der Waals surface area contributed by atoms with Crippen molar-refractivity contribution in [3.05, 3.63) is 58.6 Å². The first-order valence-electron chi connectivity index (χ1n) is 9.89. The van der Waals surface area contributed by atoms with Crippen LogP contribution in [0.2, 0.25) is 10.0 Å². The Bertz CT molecular complexity index is 1110. The molecule has 0 bridgehead atoms. The Balaban J connectivity index is 2.03. The van der Waals surface area contributed by atoms with Crippen LogP contribution < -0.4 is 15.4 Å². The molecule has 0 aliphatic rings. The number of aromatic nitrogens is 2.